The third-order valence-electron chi connectivity index (χ3n) is 5.98. The molecule has 1 N–H and O–H groups in total. The van der Waals surface area contributed by atoms with Gasteiger partial charge in [-0.15, -0.1) is 10.2 Å². The van der Waals surface area contributed by atoms with E-state index in [4.69, 9.17) is 0 Å². The second-order valence-corrected chi connectivity index (χ2v) is 9.93. The van der Waals surface area contributed by atoms with Crippen LogP contribution in [0.2, 0.25) is 0 Å². The first-order valence-electron chi connectivity index (χ1n) is 11.8. The summed E-state index contributed by atoms with van der Waals surface area (Å²) in [6, 6.07) is 5.85. The topological polar surface area (TPSA) is 63.1 Å². The third kappa shape index (κ3) is 6.39. The molecule has 1 atom stereocenters. The Bertz CT molecular complexity index is 866. The lowest BCUT2D eigenvalue weighted by molar-refractivity contribution is 0.0928. The van der Waals surface area contributed by atoms with Gasteiger partial charge in [0.05, 0.1) is 6.04 Å². The zero-order valence-corrected chi connectivity index (χ0v) is 20.1. The van der Waals surface area contributed by atoms with E-state index in [1.165, 1.54) is 6.42 Å². The smallest absolute Gasteiger partial charge is 0.251 e. The number of fused-ring (bicyclic) bond motifs is 1. The number of amides is 1. The van der Waals surface area contributed by atoms with E-state index in [-0.39, 0.29) is 11.9 Å². The maximum atomic E-state index is 13.1. The number of aryl methyl sites for hydroxylation is 2. The van der Waals surface area contributed by atoms with Crippen LogP contribution in [0.5, 0.6) is 0 Å². The zero-order chi connectivity index (χ0) is 22.5. The SMILES string of the molecule is Cc1cc(C)cc(C(=O)NC(CC(C)C)c2nnc3n2CCN(CCC(C)C)CC3)c1. The summed E-state index contributed by atoms with van der Waals surface area (Å²) in [5.74, 6) is 3.05. The quantitative estimate of drug-likeness (QED) is 0.684. The molecule has 0 saturated heterocycles. The van der Waals surface area contributed by atoms with Gasteiger partial charge in [0, 0.05) is 31.6 Å². The first-order valence-corrected chi connectivity index (χ1v) is 11.8. The van der Waals surface area contributed by atoms with Crippen molar-refractivity contribution in [2.75, 3.05) is 19.6 Å². The van der Waals surface area contributed by atoms with Crippen LogP contribution in [0.25, 0.3) is 0 Å². The van der Waals surface area contributed by atoms with Crippen molar-refractivity contribution in [2.24, 2.45) is 11.8 Å². The molecular weight excluding hydrogens is 386 g/mol. The molecule has 1 aromatic carbocycles. The van der Waals surface area contributed by atoms with E-state index in [1.54, 1.807) is 0 Å². The molecule has 31 heavy (non-hydrogen) atoms. The van der Waals surface area contributed by atoms with Crippen molar-refractivity contribution < 1.29 is 4.79 Å². The second kappa shape index (κ2) is 10.4. The number of hydrogen-bond acceptors (Lipinski definition) is 4. The average Bonchev–Trinajstić information content (AvgIpc) is 2.97. The first-order chi connectivity index (χ1) is 14.7. The molecule has 0 spiro atoms. The predicted molar refractivity (Wildman–Crippen MR) is 125 cm³/mol. The van der Waals surface area contributed by atoms with E-state index in [2.05, 4.69) is 58.7 Å². The third-order valence-corrected chi connectivity index (χ3v) is 5.98. The van der Waals surface area contributed by atoms with Crippen LogP contribution in [0.15, 0.2) is 18.2 Å². The molecule has 1 aromatic heterocycles. The number of hydrogen-bond donors (Lipinski definition) is 1. The van der Waals surface area contributed by atoms with Crippen molar-refractivity contribution in [3.05, 3.63) is 46.5 Å². The van der Waals surface area contributed by atoms with Crippen LogP contribution in [0.4, 0.5) is 0 Å². The minimum atomic E-state index is -0.142. The van der Waals surface area contributed by atoms with Crippen LogP contribution in [-0.2, 0) is 13.0 Å². The fraction of sp³-hybridized carbons (Fsp3) is 0.640. The molecule has 170 valence electrons. The molecule has 6 nitrogen and oxygen atoms in total. The van der Waals surface area contributed by atoms with Crippen LogP contribution < -0.4 is 5.32 Å². The molecule has 2 heterocycles. The van der Waals surface area contributed by atoms with E-state index >= 15 is 0 Å². The Balaban J connectivity index is 1.78. The van der Waals surface area contributed by atoms with Gasteiger partial charge in [0.15, 0.2) is 5.82 Å². The molecule has 3 rings (SSSR count). The van der Waals surface area contributed by atoms with Gasteiger partial charge < -0.3 is 14.8 Å². The maximum absolute atomic E-state index is 13.1. The molecule has 0 bridgehead atoms. The molecule has 1 amide bonds. The number of benzene rings is 1. The lowest BCUT2D eigenvalue weighted by Gasteiger charge is -2.23. The van der Waals surface area contributed by atoms with E-state index < -0.39 is 0 Å². The number of nitrogens with one attached hydrogen (secondary N) is 1. The molecule has 0 saturated carbocycles. The van der Waals surface area contributed by atoms with Gasteiger partial charge in [0.1, 0.15) is 5.82 Å². The minimum Gasteiger partial charge on any atom is -0.342 e. The summed E-state index contributed by atoms with van der Waals surface area (Å²) >= 11 is 0. The predicted octanol–water partition coefficient (Wildman–Crippen LogP) is 4.32. The first kappa shape index (κ1) is 23.5. The maximum Gasteiger partial charge on any atom is 0.251 e. The molecule has 0 aliphatic carbocycles. The highest BCUT2D eigenvalue weighted by Crippen LogP contribution is 2.23. The fourth-order valence-corrected chi connectivity index (χ4v) is 4.36. The normalized spacial score (nSPS) is 15.7. The lowest BCUT2D eigenvalue weighted by atomic mass is 10.0. The number of carbonyl (C=O) groups is 1. The van der Waals surface area contributed by atoms with E-state index in [0.717, 1.165) is 61.8 Å². The van der Waals surface area contributed by atoms with E-state index in [0.29, 0.717) is 17.4 Å². The Kier molecular flexibility index (Phi) is 7.87. The summed E-state index contributed by atoms with van der Waals surface area (Å²) in [5.41, 5.74) is 2.91. The van der Waals surface area contributed by atoms with Crippen LogP contribution in [-0.4, -0.2) is 45.2 Å². The summed E-state index contributed by atoms with van der Waals surface area (Å²) in [7, 11) is 0. The largest absolute Gasteiger partial charge is 0.342 e. The Morgan fingerprint density at radius 1 is 1.00 bits per heavy atom. The number of nitrogens with zero attached hydrogens (tertiary/aromatic N) is 4. The Labute approximate surface area is 187 Å². The van der Waals surface area contributed by atoms with Crippen molar-refractivity contribution in [1.82, 2.24) is 25.0 Å². The number of carbonyl (C=O) groups excluding carboxylic acids is 1. The van der Waals surface area contributed by atoms with Crippen molar-refractivity contribution in [1.29, 1.82) is 0 Å². The molecule has 6 heteroatoms. The van der Waals surface area contributed by atoms with Crippen LogP contribution >= 0.6 is 0 Å². The summed E-state index contributed by atoms with van der Waals surface area (Å²) < 4.78 is 2.25. The van der Waals surface area contributed by atoms with Crippen molar-refractivity contribution in [3.63, 3.8) is 0 Å². The number of rotatable bonds is 8. The van der Waals surface area contributed by atoms with Gasteiger partial charge in [-0.1, -0.05) is 44.9 Å². The van der Waals surface area contributed by atoms with Gasteiger partial charge in [-0.25, -0.2) is 0 Å². The van der Waals surface area contributed by atoms with Gasteiger partial charge >= 0.3 is 0 Å². The standard InChI is InChI=1S/C25H39N5O/c1-17(2)7-9-29-10-8-23-27-28-24(30(23)12-11-29)22(13-18(3)4)26-25(31)21-15-19(5)14-20(6)16-21/h14-18,22H,7-13H2,1-6H3,(H,26,31). The van der Waals surface area contributed by atoms with E-state index in [1.807, 2.05) is 26.0 Å². The molecule has 1 aliphatic heterocycles. The Hall–Kier alpha value is -2.21. The molecule has 0 fully saturated rings. The van der Waals surface area contributed by atoms with Gasteiger partial charge in [-0.05, 0) is 57.2 Å². The van der Waals surface area contributed by atoms with Crippen LogP contribution in [0.3, 0.4) is 0 Å². The monoisotopic (exact) mass is 425 g/mol. The molecular formula is C25H39N5O. The van der Waals surface area contributed by atoms with Crippen molar-refractivity contribution >= 4 is 5.91 Å². The number of aromatic nitrogens is 3. The zero-order valence-electron chi connectivity index (χ0n) is 20.1. The highest BCUT2D eigenvalue weighted by molar-refractivity contribution is 5.94. The van der Waals surface area contributed by atoms with Crippen LogP contribution in [0, 0.1) is 25.7 Å². The molecule has 2 aromatic rings. The average molecular weight is 426 g/mol. The Morgan fingerprint density at radius 3 is 2.35 bits per heavy atom. The van der Waals surface area contributed by atoms with Gasteiger partial charge in [-0.3, -0.25) is 4.79 Å². The highest BCUT2D eigenvalue weighted by atomic mass is 16.1. The van der Waals surface area contributed by atoms with Crippen LogP contribution in [0.1, 0.15) is 79.7 Å². The van der Waals surface area contributed by atoms with Gasteiger partial charge in [0.2, 0.25) is 0 Å². The Morgan fingerprint density at radius 2 is 1.71 bits per heavy atom. The lowest BCUT2D eigenvalue weighted by Crippen LogP contribution is -2.33. The van der Waals surface area contributed by atoms with Gasteiger partial charge in [0.25, 0.3) is 5.91 Å². The van der Waals surface area contributed by atoms with Gasteiger partial charge in [-0.2, -0.15) is 0 Å². The van der Waals surface area contributed by atoms with Crippen molar-refractivity contribution in [3.8, 4) is 0 Å². The molecule has 0 radical (unpaired) electrons. The fourth-order valence-electron chi connectivity index (χ4n) is 4.36. The summed E-state index contributed by atoms with van der Waals surface area (Å²) in [4.78, 5) is 15.6. The molecule has 1 aliphatic rings. The summed E-state index contributed by atoms with van der Waals surface area (Å²) in [6.45, 7) is 17.0. The minimum absolute atomic E-state index is 0.0398. The second-order valence-electron chi connectivity index (χ2n) is 9.93. The summed E-state index contributed by atoms with van der Waals surface area (Å²) in [5, 5.41) is 12.3. The van der Waals surface area contributed by atoms with E-state index in [9.17, 15) is 4.79 Å². The van der Waals surface area contributed by atoms with Crippen molar-refractivity contribution in [2.45, 2.75) is 73.4 Å². The highest BCUT2D eigenvalue weighted by Gasteiger charge is 2.26. The summed E-state index contributed by atoms with van der Waals surface area (Å²) in [6.07, 6.45) is 2.96. The molecule has 1 unspecified atom stereocenters.